The first-order valence-electron chi connectivity index (χ1n) is 10.5. The van der Waals surface area contributed by atoms with E-state index in [1.165, 1.54) is 29.8 Å². The smallest absolute Gasteiger partial charge is 0.349 e. The fourth-order valence-electron chi connectivity index (χ4n) is 3.42. The van der Waals surface area contributed by atoms with E-state index in [-0.39, 0.29) is 41.3 Å². The Kier molecular flexibility index (Phi) is 8.07. The van der Waals surface area contributed by atoms with Crippen LogP contribution < -0.4 is 10.3 Å². The lowest BCUT2D eigenvalue weighted by atomic mass is 10.1. The Morgan fingerprint density at radius 2 is 1.78 bits per heavy atom. The molecule has 2 aliphatic heterocycles. The highest BCUT2D eigenvalue weighted by Gasteiger charge is 2.27. The predicted molar refractivity (Wildman–Crippen MR) is 127 cm³/mol. The molecule has 0 saturated heterocycles. The second kappa shape index (κ2) is 11.0. The quantitative estimate of drug-likeness (QED) is 0.265. The molecule has 0 saturated carbocycles. The van der Waals surface area contributed by atoms with Crippen LogP contribution in [0.3, 0.4) is 0 Å². The summed E-state index contributed by atoms with van der Waals surface area (Å²) in [5, 5.41) is 5.33. The number of nitrogens with zero attached hydrogens (tertiary/aromatic N) is 2. The summed E-state index contributed by atoms with van der Waals surface area (Å²) in [6, 6.07) is 10.9. The predicted octanol–water partition coefficient (Wildman–Crippen LogP) is 2.49. The standard InChI is InChI=1S/C24H19ClN2O8.H2O/c1-3-32-20(29)11-19-22-23(26-27(24(22)31)15-6-4-14(25)5-7-15)17-10-16(8-9-18(17)35-19)34-21(30)12-33-13(2)28;/h4-10H,3,11-12H2,1-2H3;1H2. The van der Waals surface area contributed by atoms with Crippen LogP contribution in [0.5, 0.6) is 5.75 Å². The molecule has 0 amide bonds. The van der Waals surface area contributed by atoms with E-state index >= 15 is 0 Å². The summed E-state index contributed by atoms with van der Waals surface area (Å²) in [4.78, 5) is 48.4. The topological polar surface area (TPSA) is 158 Å². The van der Waals surface area contributed by atoms with Gasteiger partial charge in [0.1, 0.15) is 34.8 Å². The number of halogens is 1. The Labute approximate surface area is 208 Å². The Balaban J connectivity index is 0.00000361. The van der Waals surface area contributed by atoms with Crippen LogP contribution in [0.4, 0.5) is 0 Å². The zero-order valence-corrected chi connectivity index (χ0v) is 20.0. The summed E-state index contributed by atoms with van der Waals surface area (Å²) in [6.07, 6.45) is -0.277. The average Bonchev–Trinajstić information content (AvgIpc) is 3.16. The van der Waals surface area contributed by atoms with Gasteiger partial charge < -0.3 is 24.1 Å². The lowest BCUT2D eigenvalue weighted by molar-refractivity contribution is -0.152. The fraction of sp³-hybridized carbons (Fsp3) is 0.208. The van der Waals surface area contributed by atoms with Crippen LogP contribution in [0, 0.1) is 0 Å². The van der Waals surface area contributed by atoms with Crippen molar-refractivity contribution in [2.24, 2.45) is 0 Å². The van der Waals surface area contributed by atoms with Gasteiger partial charge in [-0.3, -0.25) is 14.4 Å². The van der Waals surface area contributed by atoms with E-state index in [4.69, 9.17) is 25.5 Å². The molecule has 0 spiro atoms. The molecule has 4 rings (SSSR count). The van der Waals surface area contributed by atoms with Crippen molar-refractivity contribution in [1.82, 2.24) is 9.78 Å². The molecule has 0 atom stereocenters. The fourth-order valence-corrected chi connectivity index (χ4v) is 3.55. The molecule has 0 fully saturated rings. The minimum Gasteiger partial charge on any atom is -0.466 e. The van der Waals surface area contributed by atoms with Crippen molar-refractivity contribution in [3.05, 3.63) is 63.6 Å². The van der Waals surface area contributed by atoms with Gasteiger partial charge in [-0.15, -0.1) is 0 Å². The van der Waals surface area contributed by atoms with Gasteiger partial charge in [0.15, 0.2) is 6.61 Å². The van der Waals surface area contributed by atoms with Crippen molar-refractivity contribution >= 4 is 40.5 Å². The van der Waals surface area contributed by atoms with E-state index in [0.29, 0.717) is 21.7 Å². The van der Waals surface area contributed by atoms with Crippen LogP contribution >= 0.6 is 11.6 Å². The molecule has 12 heteroatoms. The number of carbonyl (C=O) groups excluding carboxylic acids is 3. The molecular weight excluding hydrogens is 496 g/mol. The molecule has 36 heavy (non-hydrogen) atoms. The number of esters is 3. The van der Waals surface area contributed by atoms with Crippen molar-refractivity contribution < 1.29 is 38.5 Å². The van der Waals surface area contributed by atoms with Gasteiger partial charge in [-0.1, -0.05) is 11.6 Å². The zero-order valence-electron chi connectivity index (χ0n) is 19.2. The van der Waals surface area contributed by atoms with Crippen LogP contribution in [0.2, 0.25) is 5.02 Å². The third-order valence-corrected chi connectivity index (χ3v) is 5.12. The minimum atomic E-state index is -0.789. The van der Waals surface area contributed by atoms with Crippen LogP contribution in [0.1, 0.15) is 19.6 Å². The number of fused-ring (bicyclic) bond motifs is 3. The number of carbonyl (C=O) groups is 3. The number of rotatable bonds is 7. The monoisotopic (exact) mass is 516 g/mol. The van der Waals surface area contributed by atoms with E-state index < -0.39 is 30.1 Å². The number of hydrogen-bond donors (Lipinski definition) is 0. The number of hydrogen-bond acceptors (Lipinski definition) is 9. The molecule has 0 bridgehead atoms. The molecule has 0 radical (unpaired) electrons. The highest BCUT2D eigenvalue weighted by atomic mass is 35.5. The normalized spacial score (nSPS) is 10.6. The van der Waals surface area contributed by atoms with Crippen LogP contribution in [-0.2, 0) is 30.3 Å². The largest absolute Gasteiger partial charge is 0.466 e. The third kappa shape index (κ3) is 5.53. The lowest BCUT2D eigenvalue weighted by Gasteiger charge is -2.10. The molecule has 0 unspecified atom stereocenters. The maximum absolute atomic E-state index is 13.4. The van der Waals surface area contributed by atoms with E-state index in [0.717, 1.165) is 0 Å². The first kappa shape index (κ1) is 26.4. The number of aromatic nitrogens is 2. The Bertz CT molecular complexity index is 1460. The summed E-state index contributed by atoms with van der Waals surface area (Å²) in [7, 11) is 0. The summed E-state index contributed by atoms with van der Waals surface area (Å²) in [5.41, 5.74) is 0.573. The average molecular weight is 517 g/mol. The van der Waals surface area contributed by atoms with Gasteiger partial charge in [0, 0.05) is 17.3 Å². The second-order valence-electron chi connectivity index (χ2n) is 7.34. The van der Waals surface area contributed by atoms with Crippen LogP contribution in [0.25, 0.3) is 27.9 Å². The first-order valence-corrected chi connectivity index (χ1v) is 10.9. The molecule has 188 valence electrons. The van der Waals surface area contributed by atoms with Gasteiger partial charge >= 0.3 is 17.9 Å². The van der Waals surface area contributed by atoms with Crippen molar-refractivity contribution in [3.8, 4) is 22.7 Å². The molecule has 0 aromatic heterocycles. The van der Waals surface area contributed by atoms with E-state index in [9.17, 15) is 19.2 Å². The molecule has 2 aromatic rings. The molecule has 0 aliphatic carbocycles. The summed E-state index contributed by atoms with van der Waals surface area (Å²) in [5.74, 6) is -1.76. The Morgan fingerprint density at radius 1 is 1.06 bits per heavy atom. The molecule has 2 heterocycles. The highest BCUT2D eigenvalue weighted by molar-refractivity contribution is 6.30. The SMILES string of the molecule is CCOC(=O)Cc1oc2ccc(OC(=O)COC(C)=O)cc2c2nn(-c3ccc(Cl)cc3)c(=O)c1-2.O. The molecule has 2 aliphatic rings. The van der Waals surface area contributed by atoms with Gasteiger partial charge in [0.2, 0.25) is 0 Å². The molecule has 2 N–H and O–H groups in total. The van der Waals surface area contributed by atoms with Gasteiger partial charge in [0.25, 0.3) is 5.56 Å². The van der Waals surface area contributed by atoms with Gasteiger partial charge in [-0.05, 0) is 49.4 Å². The van der Waals surface area contributed by atoms with E-state index in [1.54, 1.807) is 31.2 Å². The number of ether oxygens (including phenoxy) is 3. The van der Waals surface area contributed by atoms with Crippen LogP contribution in [-0.4, -0.2) is 46.4 Å². The summed E-state index contributed by atoms with van der Waals surface area (Å²) in [6.45, 7) is 2.47. The lowest BCUT2D eigenvalue weighted by Crippen LogP contribution is -2.17. The number of benzene rings is 2. The zero-order chi connectivity index (χ0) is 25.1. The Morgan fingerprint density at radius 3 is 2.44 bits per heavy atom. The van der Waals surface area contributed by atoms with Gasteiger partial charge in [0.05, 0.1) is 12.3 Å². The summed E-state index contributed by atoms with van der Waals surface area (Å²) >= 11 is 5.96. The maximum Gasteiger partial charge on any atom is 0.349 e. The minimum absolute atomic E-state index is 0. The van der Waals surface area contributed by atoms with E-state index in [1.807, 2.05) is 0 Å². The second-order valence-corrected chi connectivity index (χ2v) is 7.77. The highest BCUT2D eigenvalue weighted by Crippen LogP contribution is 2.34. The maximum atomic E-state index is 13.4. The molecular formula is C24H21ClN2O9. The molecule has 11 nitrogen and oxygen atoms in total. The molecule has 2 aromatic carbocycles. The van der Waals surface area contributed by atoms with Crippen LogP contribution in [0.15, 0.2) is 51.7 Å². The van der Waals surface area contributed by atoms with E-state index in [2.05, 4.69) is 9.84 Å². The summed E-state index contributed by atoms with van der Waals surface area (Å²) < 4.78 is 21.9. The van der Waals surface area contributed by atoms with Crippen molar-refractivity contribution in [1.29, 1.82) is 0 Å². The first-order chi connectivity index (χ1) is 16.8. The van der Waals surface area contributed by atoms with Gasteiger partial charge in [-0.25, -0.2) is 4.79 Å². The van der Waals surface area contributed by atoms with Crippen molar-refractivity contribution in [2.75, 3.05) is 13.2 Å². The van der Waals surface area contributed by atoms with Crippen molar-refractivity contribution in [3.63, 3.8) is 0 Å². The van der Waals surface area contributed by atoms with Crippen molar-refractivity contribution in [2.45, 2.75) is 20.3 Å². The Hall–Kier alpha value is -4.22. The third-order valence-electron chi connectivity index (χ3n) is 4.87. The van der Waals surface area contributed by atoms with Gasteiger partial charge in [-0.2, -0.15) is 9.78 Å².